The van der Waals surface area contributed by atoms with Gasteiger partial charge in [0.2, 0.25) is 5.91 Å². The first-order valence-corrected chi connectivity index (χ1v) is 5.87. The maximum Gasteiger partial charge on any atom is 0.261 e. The SMILES string of the molecule is C[C@H](CCN1CCC(F)(F)C1)[C@@H](O)CC(N)=O. The standard InChI is InChI=1S/C11H20F2N2O2/c1-8(9(16)6-10(14)17)2-4-15-5-3-11(12,13)7-15/h8-9,16H,2-7H2,1H3,(H2,14,17)/t8-,9+/m1/s1. The Morgan fingerprint density at radius 1 is 1.59 bits per heavy atom. The van der Waals surface area contributed by atoms with E-state index in [9.17, 15) is 18.7 Å². The number of amides is 1. The van der Waals surface area contributed by atoms with E-state index in [1.807, 2.05) is 0 Å². The Kier molecular flexibility index (Phi) is 4.82. The van der Waals surface area contributed by atoms with Crippen molar-refractivity contribution in [2.45, 2.75) is 38.2 Å². The van der Waals surface area contributed by atoms with Crippen LogP contribution in [0.4, 0.5) is 8.78 Å². The Morgan fingerprint density at radius 2 is 2.24 bits per heavy atom. The molecule has 0 unspecified atom stereocenters. The zero-order chi connectivity index (χ0) is 13.1. The lowest BCUT2D eigenvalue weighted by Crippen LogP contribution is -2.30. The molecule has 0 aromatic rings. The van der Waals surface area contributed by atoms with E-state index < -0.39 is 17.9 Å². The van der Waals surface area contributed by atoms with Crippen LogP contribution in [0, 0.1) is 5.92 Å². The van der Waals surface area contributed by atoms with Crippen molar-refractivity contribution in [3.05, 3.63) is 0 Å². The van der Waals surface area contributed by atoms with Crippen LogP contribution in [-0.2, 0) is 4.79 Å². The van der Waals surface area contributed by atoms with Crippen LogP contribution in [0.5, 0.6) is 0 Å². The van der Waals surface area contributed by atoms with Gasteiger partial charge in [0.15, 0.2) is 0 Å². The van der Waals surface area contributed by atoms with Crippen LogP contribution in [0.25, 0.3) is 0 Å². The highest BCUT2D eigenvalue weighted by molar-refractivity contribution is 5.74. The molecule has 1 heterocycles. The minimum absolute atomic E-state index is 0.0721. The number of rotatable bonds is 6. The largest absolute Gasteiger partial charge is 0.392 e. The summed E-state index contributed by atoms with van der Waals surface area (Å²) >= 11 is 0. The lowest BCUT2D eigenvalue weighted by atomic mass is 9.98. The second-order valence-corrected chi connectivity index (χ2v) is 4.89. The van der Waals surface area contributed by atoms with Gasteiger partial charge in [-0.05, 0) is 18.9 Å². The van der Waals surface area contributed by atoms with Crippen molar-refractivity contribution in [1.82, 2.24) is 4.90 Å². The third kappa shape index (κ3) is 4.95. The fourth-order valence-electron chi connectivity index (χ4n) is 1.98. The minimum atomic E-state index is -2.57. The third-order valence-corrected chi connectivity index (χ3v) is 3.22. The van der Waals surface area contributed by atoms with Gasteiger partial charge < -0.3 is 10.8 Å². The predicted octanol–water partition coefficient (Wildman–Crippen LogP) is 0.590. The van der Waals surface area contributed by atoms with Crippen molar-refractivity contribution >= 4 is 5.91 Å². The van der Waals surface area contributed by atoms with Crippen molar-refractivity contribution in [2.24, 2.45) is 11.7 Å². The van der Waals surface area contributed by atoms with Crippen LogP contribution in [0.2, 0.25) is 0 Å². The second-order valence-electron chi connectivity index (χ2n) is 4.89. The maximum absolute atomic E-state index is 12.9. The number of carbonyl (C=O) groups excluding carboxylic acids is 1. The lowest BCUT2D eigenvalue weighted by Gasteiger charge is -2.21. The molecule has 0 aromatic carbocycles. The normalized spacial score (nSPS) is 23.5. The summed E-state index contributed by atoms with van der Waals surface area (Å²) in [6.45, 7) is 2.51. The number of hydrogen-bond acceptors (Lipinski definition) is 3. The number of likely N-dealkylation sites (tertiary alicyclic amines) is 1. The molecule has 100 valence electrons. The van der Waals surface area contributed by atoms with E-state index in [2.05, 4.69) is 0 Å². The Bertz CT molecular complexity index is 274. The molecule has 1 amide bonds. The number of nitrogens with two attached hydrogens (primary N) is 1. The molecule has 1 saturated heterocycles. The lowest BCUT2D eigenvalue weighted by molar-refractivity contribution is -0.120. The molecule has 6 heteroatoms. The summed E-state index contributed by atoms with van der Waals surface area (Å²) < 4.78 is 25.8. The number of aliphatic hydroxyl groups is 1. The van der Waals surface area contributed by atoms with E-state index in [4.69, 9.17) is 5.73 Å². The van der Waals surface area contributed by atoms with Crippen molar-refractivity contribution in [1.29, 1.82) is 0 Å². The molecule has 0 aromatic heterocycles. The zero-order valence-electron chi connectivity index (χ0n) is 10.0. The molecule has 1 aliphatic rings. The number of aliphatic hydroxyl groups excluding tert-OH is 1. The van der Waals surface area contributed by atoms with E-state index >= 15 is 0 Å². The number of nitrogens with zero attached hydrogens (tertiary/aromatic N) is 1. The number of primary amides is 1. The Balaban J connectivity index is 2.24. The zero-order valence-corrected chi connectivity index (χ0v) is 10.0. The molecule has 2 atom stereocenters. The molecule has 1 rings (SSSR count). The fraction of sp³-hybridized carbons (Fsp3) is 0.909. The number of hydrogen-bond donors (Lipinski definition) is 2. The van der Waals surface area contributed by atoms with E-state index in [0.717, 1.165) is 0 Å². The summed E-state index contributed by atoms with van der Waals surface area (Å²) in [6.07, 6.45) is -0.358. The van der Waals surface area contributed by atoms with Gasteiger partial charge >= 0.3 is 0 Å². The molecule has 4 nitrogen and oxygen atoms in total. The first-order valence-electron chi connectivity index (χ1n) is 5.87. The summed E-state index contributed by atoms with van der Waals surface area (Å²) in [5, 5.41) is 9.60. The average Bonchev–Trinajstić information content (AvgIpc) is 2.53. The van der Waals surface area contributed by atoms with E-state index in [-0.39, 0.29) is 25.3 Å². The first-order chi connectivity index (χ1) is 7.80. The topological polar surface area (TPSA) is 66.6 Å². The van der Waals surface area contributed by atoms with E-state index in [0.29, 0.717) is 19.5 Å². The van der Waals surface area contributed by atoms with Crippen LogP contribution < -0.4 is 5.73 Å². The highest BCUT2D eigenvalue weighted by Crippen LogP contribution is 2.27. The minimum Gasteiger partial charge on any atom is -0.392 e. The summed E-state index contributed by atoms with van der Waals surface area (Å²) in [5.41, 5.74) is 4.98. The molecule has 0 radical (unpaired) electrons. The van der Waals surface area contributed by atoms with Gasteiger partial charge in [-0.15, -0.1) is 0 Å². The summed E-state index contributed by atoms with van der Waals surface area (Å²) in [4.78, 5) is 12.3. The van der Waals surface area contributed by atoms with Gasteiger partial charge in [-0.25, -0.2) is 8.78 Å². The number of alkyl halides is 2. The maximum atomic E-state index is 12.9. The van der Waals surface area contributed by atoms with Gasteiger partial charge in [-0.1, -0.05) is 6.92 Å². The fourth-order valence-corrected chi connectivity index (χ4v) is 1.98. The smallest absolute Gasteiger partial charge is 0.261 e. The van der Waals surface area contributed by atoms with Crippen molar-refractivity contribution < 1.29 is 18.7 Å². The molecule has 0 spiro atoms. The molecule has 17 heavy (non-hydrogen) atoms. The van der Waals surface area contributed by atoms with Gasteiger partial charge in [0.05, 0.1) is 19.1 Å². The Labute approximate surface area is 99.8 Å². The van der Waals surface area contributed by atoms with Crippen LogP contribution in [0.1, 0.15) is 26.2 Å². The van der Waals surface area contributed by atoms with E-state index in [1.165, 1.54) is 0 Å². The van der Waals surface area contributed by atoms with Gasteiger partial charge in [0.1, 0.15) is 0 Å². The Hall–Kier alpha value is -0.750. The van der Waals surface area contributed by atoms with Crippen LogP contribution in [0.3, 0.4) is 0 Å². The van der Waals surface area contributed by atoms with Crippen molar-refractivity contribution in [2.75, 3.05) is 19.6 Å². The molecule has 0 bridgehead atoms. The summed E-state index contributed by atoms with van der Waals surface area (Å²) in [7, 11) is 0. The van der Waals surface area contributed by atoms with Crippen molar-refractivity contribution in [3.63, 3.8) is 0 Å². The van der Waals surface area contributed by atoms with Gasteiger partial charge in [-0.3, -0.25) is 9.69 Å². The van der Waals surface area contributed by atoms with Crippen LogP contribution in [-0.4, -0.2) is 47.6 Å². The van der Waals surface area contributed by atoms with Crippen LogP contribution >= 0.6 is 0 Å². The van der Waals surface area contributed by atoms with Crippen LogP contribution in [0.15, 0.2) is 0 Å². The van der Waals surface area contributed by atoms with Gasteiger partial charge in [0, 0.05) is 13.0 Å². The molecule has 1 fully saturated rings. The molecule has 0 saturated carbocycles. The van der Waals surface area contributed by atoms with Gasteiger partial charge in [-0.2, -0.15) is 0 Å². The summed E-state index contributed by atoms with van der Waals surface area (Å²) in [6, 6.07) is 0. The molecule has 0 aliphatic carbocycles. The average molecular weight is 250 g/mol. The molecule has 3 N–H and O–H groups in total. The quantitative estimate of drug-likeness (QED) is 0.725. The first kappa shape index (κ1) is 14.3. The van der Waals surface area contributed by atoms with Gasteiger partial charge in [0.25, 0.3) is 5.92 Å². The van der Waals surface area contributed by atoms with Crippen molar-refractivity contribution in [3.8, 4) is 0 Å². The molecular formula is C11H20F2N2O2. The summed E-state index contributed by atoms with van der Waals surface area (Å²) in [5.74, 6) is -3.23. The third-order valence-electron chi connectivity index (χ3n) is 3.22. The Morgan fingerprint density at radius 3 is 2.71 bits per heavy atom. The number of carbonyl (C=O) groups is 1. The van der Waals surface area contributed by atoms with E-state index in [1.54, 1.807) is 11.8 Å². The predicted molar refractivity (Wildman–Crippen MR) is 59.6 cm³/mol. The number of halogens is 2. The highest BCUT2D eigenvalue weighted by Gasteiger charge is 2.37. The molecular weight excluding hydrogens is 230 g/mol. The monoisotopic (exact) mass is 250 g/mol. The highest BCUT2D eigenvalue weighted by atomic mass is 19.3. The second kappa shape index (κ2) is 5.73. The molecule has 1 aliphatic heterocycles.